The van der Waals surface area contributed by atoms with Crippen molar-refractivity contribution in [2.24, 2.45) is 11.8 Å². The van der Waals surface area contributed by atoms with Gasteiger partial charge < -0.3 is 9.30 Å². The molecule has 1 aliphatic rings. The zero-order valence-electron chi connectivity index (χ0n) is 19.2. The summed E-state index contributed by atoms with van der Waals surface area (Å²) < 4.78 is 7.46. The molecule has 6 heteroatoms. The van der Waals surface area contributed by atoms with Gasteiger partial charge in [0.2, 0.25) is 11.9 Å². The number of nitrogens with zero attached hydrogens (tertiary/aromatic N) is 3. The highest BCUT2D eigenvalue weighted by Crippen LogP contribution is 2.41. The second-order valence-electron chi connectivity index (χ2n) is 8.71. The maximum atomic E-state index is 13.8. The molecule has 168 valence electrons. The quantitative estimate of drug-likeness (QED) is 0.398. The van der Waals surface area contributed by atoms with Gasteiger partial charge in [0.15, 0.2) is 5.92 Å². The Hall–Kier alpha value is -3.15. The van der Waals surface area contributed by atoms with Crippen LogP contribution in [0.25, 0.3) is 11.0 Å². The number of amides is 1. The summed E-state index contributed by atoms with van der Waals surface area (Å²) in [5, 5.41) is 0. The number of ether oxygens (including phenoxy) is 1. The molecular weight excluding hydrogens is 402 g/mol. The van der Waals surface area contributed by atoms with E-state index in [0.717, 1.165) is 29.4 Å². The van der Waals surface area contributed by atoms with Crippen molar-refractivity contribution in [1.29, 1.82) is 0 Å². The monoisotopic (exact) mass is 433 g/mol. The third kappa shape index (κ3) is 3.90. The molecule has 6 nitrogen and oxygen atoms in total. The van der Waals surface area contributed by atoms with Gasteiger partial charge in [0.25, 0.3) is 0 Å². The molecule has 2 heterocycles. The van der Waals surface area contributed by atoms with Crippen LogP contribution in [0.1, 0.15) is 51.3 Å². The molecule has 0 unspecified atom stereocenters. The topological polar surface area (TPSA) is 64.4 Å². The molecule has 32 heavy (non-hydrogen) atoms. The highest BCUT2D eigenvalue weighted by atomic mass is 16.5. The Morgan fingerprint density at radius 1 is 1.09 bits per heavy atom. The van der Waals surface area contributed by atoms with E-state index in [1.54, 1.807) is 11.8 Å². The van der Waals surface area contributed by atoms with Crippen LogP contribution in [0.15, 0.2) is 48.5 Å². The van der Waals surface area contributed by atoms with Crippen LogP contribution < -0.4 is 4.90 Å². The highest BCUT2D eigenvalue weighted by molar-refractivity contribution is 6.08. The lowest BCUT2D eigenvalue weighted by molar-refractivity contribution is -0.153. The fourth-order valence-electron chi connectivity index (χ4n) is 4.40. The lowest BCUT2D eigenvalue weighted by Crippen LogP contribution is -2.50. The zero-order valence-corrected chi connectivity index (χ0v) is 19.2. The second-order valence-corrected chi connectivity index (χ2v) is 8.71. The first-order valence-corrected chi connectivity index (χ1v) is 11.5. The van der Waals surface area contributed by atoms with E-state index in [9.17, 15) is 9.59 Å². The van der Waals surface area contributed by atoms with Gasteiger partial charge in [-0.15, -0.1) is 0 Å². The molecule has 0 radical (unpaired) electrons. The van der Waals surface area contributed by atoms with E-state index in [1.807, 2.05) is 36.4 Å². The van der Waals surface area contributed by atoms with Gasteiger partial charge >= 0.3 is 5.97 Å². The molecule has 3 aromatic rings. The maximum Gasteiger partial charge on any atom is 0.321 e. The zero-order chi connectivity index (χ0) is 22.8. The first-order chi connectivity index (χ1) is 15.5. The summed E-state index contributed by atoms with van der Waals surface area (Å²) in [6.07, 6.45) is 1.74. The van der Waals surface area contributed by atoms with Crippen LogP contribution in [0, 0.1) is 11.8 Å². The molecular formula is C26H31N3O3. The molecule has 2 atom stereocenters. The third-order valence-corrected chi connectivity index (χ3v) is 6.14. The number of fused-ring (bicyclic) bond motifs is 3. The molecule has 0 aliphatic carbocycles. The number of benzene rings is 2. The van der Waals surface area contributed by atoms with Gasteiger partial charge in [-0.3, -0.25) is 14.5 Å². The molecule has 0 bridgehead atoms. The summed E-state index contributed by atoms with van der Waals surface area (Å²) in [6.45, 7) is 8.86. The number of anilines is 1. The molecule has 0 N–H and O–H groups in total. The van der Waals surface area contributed by atoms with E-state index in [1.165, 1.54) is 5.56 Å². The Morgan fingerprint density at radius 2 is 1.81 bits per heavy atom. The van der Waals surface area contributed by atoms with Crippen LogP contribution >= 0.6 is 0 Å². The highest BCUT2D eigenvalue weighted by Gasteiger charge is 2.47. The summed E-state index contributed by atoms with van der Waals surface area (Å²) in [7, 11) is 0. The fourth-order valence-corrected chi connectivity index (χ4v) is 4.40. The molecule has 0 saturated carbocycles. The standard InChI is InChI=1S/C26H31N3O3/c1-5-18-11-13-19(14-12-18)23-22(25(31)32-6-2)24(30)28(16-15-17(3)4)26-27-20-9-7-8-10-21(20)29(23)26/h7-14,17,22-23H,5-6,15-16H2,1-4H3/t22-,23+/m1/s1. The minimum absolute atomic E-state index is 0.230. The summed E-state index contributed by atoms with van der Waals surface area (Å²) in [6, 6.07) is 15.5. The Morgan fingerprint density at radius 3 is 2.47 bits per heavy atom. The Labute approximate surface area is 189 Å². The van der Waals surface area contributed by atoms with Gasteiger partial charge in [-0.2, -0.15) is 0 Å². The SMILES string of the molecule is CCOC(=O)[C@H]1C(=O)N(CCC(C)C)c2nc3ccccc3n2[C@H]1c1ccc(CC)cc1. The van der Waals surface area contributed by atoms with Gasteiger partial charge in [-0.25, -0.2) is 4.98 Å². The number of aryl methyl sites for hydroxylation is 1. The van der Waals surface area contributed by atoms with Crippen LogP contribution in [0.4, 0.5) is 5.95 Å². The van der Waals surface area contributed by atoms with Crippen molar-refractivity contribution in [2.45, 2.75) is 46.6 Å². The largest absolute Gasteiger partial charge is 0.465 e. The van der Waals surface area contributed by atoms with Gasteiger partial charge in [-0.1, -0.05) is 57.2 Å². The molecule has 1 amide bonds. The van der Waals surface area contributed by atoms with Crippen LogP contribution in [0.5, 0.6) is 0 Å². The normalized spacial score (nSPS) is 18.3. The van der Waals surface area contributed by atoms with Gasteiger partial charge in [-0.05, 0) is 48.9 Å². The Kier molecular flexibility index (Phi) is 6.31. The lowest BCUT2D eigenvalue weighted by Gasteiger charge is -2.38. The second kappa shape index (κ2) is 9.15. The average Bonchev–Trinajstić information content (AvgIpc) is 3.17. The summed E-state index contributed by atoms with van der Waals surface area (Å²) in [5.41, 5.74) is 3.83. The van der Waals surface area contributed by atoms with E-state index in [-0.39, 0.29) is 12.5 Å². The summed E-state index contributed by atoms with van der Waals surface area (Å²) in [5.74, 6) is -0.667. The molecule has 1 aromatic heterocycles. The van der Waals surface area contributed by atoms with Crippen molar-refractivity contribution in [3.8, 4) is 0 Å². The number of imidazole rings is 1. The number of hydrogen-bond acceptors (Lipinski definition) is 4. The molecule has 0 saturated heterocycles. The molecule has 4 rings (SSSR count). The van der Waals surface area contributed by atoms with E-state index in [4.69, 9.17) is 9.72 Å². The third-order valence-electron chi connectivity index (χ3n) is 6.14. The summed E-state index contributed by atoms with van der Waals surface area (Å²) >= 11 is 0. The van der Waals surface area contributed by atoms with Crippen LogP contribution in [-0.4, -0.2) is 34.6 Å². The number of carbonyl (C=O) groups is 2. The Bertz CT molecular complexity index is 1120. The van der Waals surface area contributed by atoms with Crippen molar-refractivity contribution in [1.82, 2.24) is 9.55 Å². The van der Waals surface area contributed by atoms with Crippen molar-refractivity contribution in [3.63, 3.8) is 0 Å². The average molecular weight is 434 g/mol. The lowest BCUT2D eigenvalue weighted by atomic mass is 9.88. The molecule has 1 aliphatic heterocycles. The number of esters is 1. The first kappa shape index (κ1) is 22.1. The molecule has 2 aromatic carbocycles. The van der Waals surface area contributed by atoms with Gasteiger partial charge in [0.1, 0.15) is 0 Å². The maximum absolute atomic E-state index is 13.8. The van der Waals surface area contributed by atoms with Crippen LogP contribution in [-0.2, 0) is 20.7 Å². The number of para-hydroxylation sites is 2. The minimum Gasteiger partial charge on any atom is -0.465 e. The number of carbonyl (C=O) groups excluding carboxylic acids is 2. The number of hydrogen-bond donors (Lipinski definition) is 0. The summed E-state index contributed by atoms with van der Waals surface area (Å²) in [4.78, 5) is 33.4. The van der Waals surface area contributed by atoms with E-state index >= 15 is 0 Å². The van der Waals surface area contributed by atoms with Gasteiger partial charge in [0, 0.05) is 6.54 Å². The van der Waals surface area contributed by atoms with Crippen molar-refractivity contribution in [2.75, 3.05) is 18.1 Å². The predicted molar refractivity (Wildman–Crippen MR) is 126 cm³/mol. The number of rotatable bonds is 7. The first-order valence-electron chi connectivity index (χ1n) is 11.5. The minimum atomic E-state index is -0.959. The molecule has 0 spiro atoms. The van der Waals surface area contributed by atoms with E-state index in [0.29, 0.717) is 18.4 Å². The van der Waals surface area contributed by atoms with Crippen LogP contribution in [0.3, 0.4) is 0 Å². The van der Waals surface area contributed by atoms with E-state index in [2.05, 4.69) is 37.5 Å². The van der Waals surface area contributed by atoms with Crippen LogP contribution in [0.2, 0.25) is 0 Å². The van der Waals surface area contributed by atoms with Crippen molar-refractivity contribution >= 4 is 28.9 Å². The smallest absolute Gasteiger partial charge is 0.321 e. The fraction of sp³-hybridized carbons (Fsp3) is 0.423. The number of aromatic nitrogens is 2. The molecule has 0 fully saturated rings. The van der Waals surface area contributed by atoms with E-state index < -0.39 is 17.9 Å². The van der Waals surface area contributed by atoms with Crippen molar-refractivity contribution < 1.29 is 14.3 Å². The van der Waals surface area contributed by atoms with Gasteiger partial charge in [0.05, 0.1) is 23.7 Å². The predicted octanol–water partition coefficient (Wildman–Crippen LogP) is 4.76. The Balaban J connectivity index is 1.94. The van der Waals surface area contributed by atoms with Crippen molar-refractivity contribution in [3.05, 3.63) is 59.7 Å².